The summed E-state index contributed by atoms with van der Waals surface area (Å²) in [6, 6.07) is 0. The second-order valence-electron chi connectivity index (χ2n) is 3.00. The molecule has 1 unspecified atom stereocenters. The molecule has 0 aromatic heterocycles. The third-order valence-corrected chi connectivity index (χ3v) is 3.77. The van der Waals surface area contributed by atoms with E-state index >= 15 is 0 Å². The summed E-state index contributed by atoms with van der Waals surface area (Å²) in [6.07, 6.45) is 9.98. The summed E-state index contributed by atoms with van der Waals surface area (Å²) >= 11 is 2.44. The number of hydrogen-bond donors (Lipinski definition) is 0. The van der Waals surface area contributed by atoms with Crippen LogP contribution < -0.4 is 0 Å². The van der Waals surface area contributed by atoms with E-state index in [-0.39, 0.29) is 22.2 Å². The van der Waals surface area contributed by atoms with Gasteiger partial charge in [0.05, 0.1) is 0 Å². The number of halogens is 1. The van der Waals surface area contributed by atoms with E-state index in [2.05, 4.69) is 40.8 Å². The smallest absolute Gasteiger partial charge is 0.140 e. The van der Waals surface area contributed by atoms with Crippen LogP contribution in [0, 0.1) is 0 Å². The number of alkyl halides is 1. The molecule has 1 aliphatic carbocycles. The van der Waals surface area contributed by atoms with Crippen LogP contribution in [0.5, 0.6) is 0 Å². The van der Waals surface area contributed by atoms with Crippen molar-refractivity contribution >= 4 is 22.6 Å². The topological polar surface area (TPSA) is 9.23 Å². The second kappa shape index (κ2) is 4.31. The van der Waals surface area contributed by atoms with Crippen LogP contribution in [0.3, 0.4) is 0 Å². The number of allylic oxidation sites excluding steroid dienone is 3. The zero-order chi connectivity index (χ0) is 7.73. The standard InChI is InChI=1S/C9H11IO.V/c10-9(6-3-7-11-9)8-4-1-2-5-8;/h1-2,4H,3,5-7H2;. The van der Waals surface area contributed by atoms with Crippen molar-refractivity contribution in [3.63, 3.8) is 0 Å². The SMILES string of the molecule is IC1(C2=CC=CC2)CCCO1.[V]. The van der Waals surface area contributed by atoms with Crippen molar-refractivity contribution in [1.29, 1.82) is 0 Å². The maximum absolute atomic E-state index is 5.70. The summed E-state index contributed by atoms with van der Waals surface area (Å²) in [7, 11) is 0. The van der Waals surface area contributed by atoms with Crippen molar-refractivity contribution in [1.82, 2.24) is 0 Å². The first-order chi connectivity index (χ1) is 5.31. The van der Waals surface area contributed by atoms with Crippen LogP contribution in [0.1, 0.15) is 19.3 Å². The third-order valence-electron chi connectivity index (χ3n) is 2.22. The van der Waals surface area contributed by atoms with E-state index in [1.165, 1.54) is 18.4 Å². The molecule has 65 valence electrons. The van der Waals surface area contributed by atoms with Crippen molar-refractivity contribution < 1.29 is 23.3 Å². The van der Waals surface area contributed by atoms with Gasteiger partial charge in [-0.05, 0) is 47.4 Å². The summed E-state index contributed by atoms with van der Waals surface area (Å²) in [4.78, 5) is 0. The Morgan fingerprint density at radius 3 is 2.83 bits per heavy atom. The van der Waals surface area contributed by atoms with Gasteiger partial charge in [0.15, 0.2) is 0 Å². The Labute approximate surface area is 98.7 Å². The first-order valence-corrected chi connectivity index (χ1v) is 5.08. The third kappa shape index (κ3) is 1.98. The Morgan fingerprint density at radius 1 is 1.50 bits per heavy atom. The number of rotatable bonds is 1. The molecule has 0 N–H and O–H groups in total. The van der Waals surface area contributed by atoms with Gasteiger partial charge in [0.1, 0.15) is 3.61 Å². The molecule has 0 bridgehead atoms. The summed E-state index contributed by atoms with van der Waals surface area (Å²) in [5.41, 5.74) is 1.44. The van der Waals surface area contributed by atoms with Gasteiger partial charge in [-0.15, -0.1) is 0 Å². The van der Waals surface area contributed by atoms with Crippen LogP contribution >= 0.6 is 22.6 Å². The second-order valence-corrected chi connectivity index (χ2v) is 4.75. The minimum absolute atomic E-state index is 0. The fourth-order valence-electron chi connectivity index (χ4n) is 1.58. The van der Waals surface area contributed by atoms with Crippen LogP contribution in [-0.2, 0) is 23.3 Å². The molecule has 1 heterocycles. The van der Waals surface area contributed by atoms with Crippen LogP contribution in [0.15, 0.2) is 23.8 Å². The Hall–Kier alpha value is 0.754. The van der Waals surface area contributed by atoms with Gasteiger partial charge in [-0.25, -0.2) is 0 Å². The van der Waals surface area contributed by atoms with Crippen LogP contribution in [0.2, 0.25) is 0 Å². The molecule has 1 atom stereocenters. The molecule has 0 saturated carbocycles. The van der Waals surface area contributed by atoms with Crippen molar-refractivity contribution in [3.8, 4) is 0 Å². The summed E-state index contributed by atoms with van der Waals surface area (Å²) in [6.45, 7) is 0.931. The normalized spacial score (nSPS) is 33.2. The predicted octanol–water partition coefficient (Wildman–Crippen LogP) is 2.81. The summed E-state index contributed by atoms with van der Waals surface area (Å²) in [5, 5.41) is 0. The van der Waals surface area contributed by atoms with Gasteiger partial charge in [-0.2, -0.15) is 0 Å². The van der Waals surface area contributed by atoms with Gasteiger partial charge in [0.2, 0.25) is 0 Å². The largest absolute Gasteiger partial charge is 0.361 e. The zero-order valence-electron chi connectivity index (χ0n) is 6.79. The van der Waals surface area contributed by atoms with E-state index in [1.807, 2.05) is 0 Å². The van der Waals surface area contributed by atoms with Crippen molar-refractivity contribution in [3.05, 3.63) is 23.8 Å². The maximum atomic E-state index is 5.70. The van der Waals surface area contributed by atoms with E-state index in [9.17, 15) is 0 Å². The van der Waals surface area contributed by atoms with Crippen molar-refractivity contribution in [2.45, 2.75) is 22.9 Å². The molecule has 1 nitrogen and oxygen atoms in total. The molecule has 0 aromatic carbocycles. The van der Waals surface area contributed by atoms with Gasteiger partial charge in [-0.1, -0.05) is 18.2 Å². The van der Waals surface area contributed by atoms with E-state index < -0.39 is 0 Å². The van der Waals surface area contributed by atoms with E-state index in [0.29, 0.717) is 0 Å². The monoisotopic (exact) mass is 313 g/mol. The van der Waals surface area contributed by atoms with Crippen LogP contribution in [0.25, 0.3) is 0 Å². The van der Waals surface area contributed by atoms with Crippen molar-refractivity contribution in [2.24, 2.45) is 0 Å². The molecular weight excluding hydrogens is 302 g/mol. The molecule has 0 amide bonds. The predicted molar refractivity (Wildman–Crippen MR) is 53.8 cm³/mol. The first-order valence-electron chi connectivity index (χ1n) is 4.00. The molecule has 2 rings (SSSR count). The molecule has 2 aliphatic rings. The molecule has 0 aromatic rings. The maximum Gasteiger partial charge on any atom is 0.140 e. The van der Waals surface area contributed by atoms with E-state index in [0.717, 1.165) is 13.0 Å². The Kier molecular flexibility index (Phi) is 3.89. The average molecular weight is 313 g/mol. The van der Waals surface area contributed by atoms with Gasteiger partial charge in [0, 0.05) is 25.2 Å². The first kappa shape index (κ1) is 10.8. The zero-order valence-corrected chi connectivity index (χ0v) is 10.3. The Balaban J connectivity index is 0.000000720. The van der Waals surface area contributed by atoms with Gasteiger partial charge >= 0.3 is 0 Å². The molecule has 12 heavy (non-hydrogen) atoms. The van der Waals surface area contributed by atoms with Crippen LogP contribution in [0.4, 0.5) is 0 Å². The molecule has 1 aliphatic heterocycles. The molecule has 3 heteroatoms. The average Bonchev–Trinajstić information content (AvgIpc) is 2.55. The van der Waals surface area contributed by atoms with Crippen LogP contribution in [-0.4, -0.2) is 10.2 Å². The molecular formula is C9H11IOV. The van der Waals surface area contributed by atoms with E-state index in [4.69, 9.17) is 4.74 Å². The van der Waals surface area contributed by atoms with Crippen molar-refractivity contribution in [2.75, 3.05) is 6.61 Å². The minimum atomic E-state index is 0. The quantitative estimate of drug-likeness (QED) is 0.534. The molecule has 1 fully saturated rings. The number of hydrogen-bond acceptors (Lipinski definition) is 1. The number of ether oxygens (including phenoxy) is 1. The fraction of sp³-hybridized carbons (Fsp3) is 0.556. The Bertz CT molecular complexity index is 217. The Morgan fingerprint density at radius 2 is 2.33 bits per heavy atom. The van der Waals surface area contributed by atoms with Gasteiger partial charge in [-0.3, -0.25) is 0 Å². The minimum Gasteiger partial charge on any atom is -0.361 e. The van der Waals surface area contributed by atoms with Gasteiger partial charge < -0.3 is 4.74 Å². The molecule has 1 radical (unpaired) electrons. The summed E-state index contributed by atoms with van der Waals surface area (Å²) < 4.78 is 5.75. The fourth-order valence-corrected chi connectivity index (χ4v) is 2.58. The van der Waals surface area contributed by atoms with Gasteiger partial charge in [0.25, 0.3) is 0 Å². The van der Waals surface area contributed by atoms with E-state index in [1.54, 1.807) is 0 Å². The summed E-state index contributed by atoms with van der Waals surface area (Å²) in [5.74, 6) is 0. The molecule has 1 saturated heterocycles. The molecule has 0 spiro atoms.